The second-order valence-electron chi connectivity index (χ2n) is 7.29. The zero-order valence-corrected chi connectivity index (χ0v) is 18.9. The van der Waals surface area contributed by atoms with Crippen LogP contribution in [0.2, 0.25) is 0 Å². The summed E-state index contributed by atoms with van der Waals surface area (Å²) in [6.45, 7) is 7.20. The van der Waals surface area contributed by atoms with Crippen LogP contribution in [0, 0.1) is 0 Å². The second-order valence-corrected chi connectivity index (χ2v) is 7.29. The first-order chi connectivity index (χ1) is 14.8. The Labute approximate surface area is 184 Å². The highest BCUT2D eigenvalue weighted by atomic mass is 16.8. The van der Waals surface area contributed by atoms with Crippen LogP contribution in [0.4, 0.5) is 0 Å². The lowest BCUT2D eigenvalue weighted by atomic mass is 9.83. The van der Waals surface area contributed by atoms with Crippen LogP contribution in [0.5, 0.6) is 17.2 Å². The molecule has 0 fully saturated rings. The van der Waals surface area contributed by atoms with Gasteiger partial charge in [0.15, 0.2) is 5.78 Å². The van der Waals surface area contributed by atoms with Gasteiger partial charge in [-0.15, -0.1) is 6.58 Å². The highest BCUT2D eigenvalue weighted by Crippen LogP contribution is 2.40. The van der Waals surface area contributed by atoms with Crippen molar-refractivity contribution in [2.45, 2.75) is 25.7 Å². The molecule has 0 N–H and O–H groups in total. The summed E-state index contributed by atoms with van der Waals surface area (Å²) in [6, 6.07) is 10.5. The smallest absolute Gasteiger partial charge is 0.315 e. The lowest BCUT2D eigenvalue weighted by Gasteiger charge is -2.25. The Hall–Kier alpha value is -3.09. The number of methoxy groups -OCH3 is 4. The van der Waals surface area contributed by atoms with Crippen molar-refractivity contribution in [3.05, 3.63) is 71.8 Å². The van der Waals surface area contributed by atoms with Crippen molar-refractivity contribution in [2.24, 2.45) is 0 Å². The van der Waals surface area contributed by atoms with E-state index in [0.29, 0.717) is 28.4 Å². The third-order valence-electron chi connectivity index (χ3n) is 4.94. The number of hydrogen-bond acceptors (Lipinski definition) is 6. The summed E-state index contributed by atoms with van der Waals surface area (Å²) >= 11 is 0. The molecule has 0 aliphatic carbocycles. The normalized spacial score (nSPS) is 11.6. The minimum Gasteiger partial charge on any atom is -0.496 e. The molecule has 0 unspecified atom stereocenters. The molecule has 0 heterocycles. The lowest BCUT2D eigenvalue weighted by Crippen LogP contribution is -2.20. The van der Waals surface area contributed by atoms with Gasteiger partial charge in [-0.2, -0.15) is 0 Å². The quantitative estimate of drug-likeness (QED) is 0.218. The van der Waals surface area contributed by atoms with Crippen LogP contribution >= 0.6 is 0 Å². The van der Waals surface area contributed by atoms with Gasteiger partial charge in [0.05, 0.1) is 19.8 Å². The van der Waals surface area contributed by atoms with Crippen LogP contribution in [-0.4, -0.2) is 40.7 Å². The minimum atomic E-state index is -0.812. The van der Waals surface area contributed by atoms with E-state index in [9.17, 15) is 4.79 Å². The molecule has 31 heavy (non-hydrogen) atoms. The fraction of sp³-hybridized carbons (Fsp3) is 0.320. The van der Waals surface area contributed by atoms with Crippen LogP contribution in [-0.2, 0) is 14.9 Å². The molecular weight excluding hydrogens is 396 g/mol. The Morgan fingerprint density at radius 1 is 0.968 bits per heavy atom. The average Bonchev–Trinajstić information content (AvgIpc) is 2.80. The van der Waals surface area contributed by atoms with E-state index in [1.165, 1.54) is 20.3 Å². The SMILES string of the molecule is C=CC(C)(C)c1ccc(OC)c(C=CC(=O)c2ccc(OC(OC)OC)cc2)c1OC. The number of benzene rings is 2. The van der Waals surface area contributed by atoms with E-state index in [1.54, 1.807) is 44.6 Å². The topological polar surface area (TPSA) is 63.2 Å². The van der Waals surface area contributed by atoms with Crippen LogP contribution in [0.1, 0.15) is 35.3 Å². The summed E-state index contributed by atoms with van der Waals surface area (Å²) in [6.07, 6.45) is 5.06. The molecular formula is C25H30O6. The summed E-state index contributed by atoms with van der Waals surface area (Å²) in [5.74, 6) is 1.61. The van der Waals surface area contributed by atoms with Gasteiger partial charge in [-0.3, -0.25) is 4.79 Å². The molecule has 0 spiro atoms. The highest BCUT2D eigenvalue weighted by molar-refractivity contribution is 6.07. The van der Waals surface area contributed by atoms with Crippen molar-refractivity contribution in [2.75, 3.05) is 28.4 Å². The van der Waals surface area contributed by atoms with Crippen LogP contribution in [0.25, 0.3) is 6.08 Å². The molecule has 6 heteroatoms. The van der Waals surface area contributed by atoms with Crippen molar-refractivity contribution < 1.29 is 28.5 Å². The van der Waals surface area contributed by atoms with Gasteiger partial charge in [-0.25, -0.2) is 0 Å². The van der Waals surface area contributed by atoms with Gasteiger partial charge in [0.1, 0.15) is 17.2 Å². The van der Waals surface area contributed by atoms with Crippen molar-refractivity contribution in [3.63, 3.8) is 0 Å². The molecule has 0 aromatic heterocycles. The molecule has 2 aromatic rings. The molecule has 6 nitrogen and oxygen atoms in total. The Morgan fingerprint density at radius 2 is 1.61 bits per heavy atom. The lowest BCUT2D eigenvalue weighted by molar-refractivity contribution is -0.219. The van der Waals surface area contributed by atoms with E-state index < -0.39 is 6.48 Å². The standard InChI is InChI=1S/C25H30O6/c1-8-25(2,3)20-14-16-22(27-4)19(23(20)28-5)13-15-21(26)17-9-11-18(12-10-17)31-24(29-6)30-7/h8-16,24H,1H2,2-7H3. The first kappa shape index (κ1) is 24.2. The van der Waals surface area contributed by atoms with E-state index >= 15 is 0 Å². The second kappa shape index (κ2) is 10.8. The van der Waals surface area contributed by atoms with E-state index in [2.05, 4.69) is 6.58 Å². The molecule has 0 atom stereocenters. The zero-order valence-electron chi connectivity index (χ0n) is 18.9. The maximum absolute atomic E-state index is 12.7. The van der Waals surface area contributed by atoms with Crippen LogP contribution in [0.15, 0.2) is 55.1 Å². The molecule has 0 saturated heterocycles. The van der Waals surface area contributed by atoms with Crippen molar-refractivity contribution in [1.82, 2.24) is 0 Å². The molecule has 0 aliphatic heterocycles. The molecule has 2 rings (SSSR count). The fourth-order valence-corrected chi connectivity index (χ4v) is 3.01. The maximum Gasteiger partial charge on any atom is 0.315 e. The van der Waals surface area contributed by atoms with Gasteiger partial charge in [0.25, 0.3) is 0 Å². The highest BCUT2D eigenvalue weighted by Gasteiger charge is 2.24. The van der Waals surface area contributed by atoms with Crippen molar-refractivity contribution >= 4 is 11.9 Å². The summed E-state index contributed by atoms with van der Waals surface area (Å²) in [7, 11) is 6.13. The van der Waals surface area contributed by atoms with E-state index in [-0.39, 0.29) is 11.2 Å². The number of hydrogen-bond donors (Lipinski definition) is 0. The predicted molar refractivity (Wildman–Crippen MR) is 121 cm³/mol. The van der Waals surface area contributed by atoms with E-state index in [1.807, 2.05) is 32.1 Å². The minimum absolute atomic E-state index is 0.168. The van der Waals surface area contributed by atoms with Crippen molar-refractivity contribution in [3.8, 4) is 17.2 Å². The molecule has 0 bridgehead atoms. The Balaban J connectivity index is 2.33. The summed E-state index contributed by atoms with van der Waals surface area (Å²) in [5.41, 5.74) is 1.83. The largest absolute Gasteiger partial charge is 0.496 e. The summed E-state index contributed by atoms with van der Waals surface area (Å²) in [5, 5.41) is 0. The van der Waals surface area contributed by atoms with Crippen LogP contribution < -0.4 is 14.2 Å². The Morgan fingerprint density at radius 3 is 2.13 bits per heavy atom. The number of ketones is 1. The van der Waals surface area contributed by atoms with E-state index in [4.69, 9.17) is 23.7 Å². The number of carbonyl (C=O) groups excluding carboxylic acids is 1. The molecule has 2 aromatic carbocycles. The van der Waals surface area contributed by atoms with Gasteiger partial charge >= 0.3 is 6.48 Å². The summed E-state index contributed by atoms with van der Waals surface area (Å²) in [4.78, 5) is 12.7. The van der Waals surface area contributed by atoms with Gasteiger partial charge in [0.2, 0.25) is 0 Å². The van der Waals surface area contributed by atoms with E-state index in [0.717, 1.165) is 5.56 Å². The van der Waals surface area contributed by atoms with Crippen molar-refractivity contribution in [1.29, 1.82) is 0 Å². The van der Waals surface area contributed by atoms with Crippen LogP contribution in [0.3, 0.4) is 0 Å². The first-order valence-electron chi connectivity index (χ1n) is 9.75. The zero-order chi connectivity index (χ0) is 23.0. The first-order valence-corrected chi connectivity index (χ1v) is 9.75. The monoisotopic (exact) mass is 426 g/mol. The molecule has 0 aliphatic rings. The Bertz CT molecular complexity index is 924. The number of rotatable bonds is 11. The molecule has 0 amide bonds. The Kier molecular flexibility index (Phi) is 8.42. The molecule has 0 saturated carbocycles. The maximum atomic E-state index is 12.7. The molecule has 166 valence electrons. The van der Waals surface area contributed by atoms with Gasteiger partial charge in [-0.05, 0) is 42.5 Å². The molecule has 0 radical (unpaired) electrons. The number of allylic oxidation sites excluding steroid dienone is 2. The van der Waals surface area contributed by atoms with Gasteiger partial charge in [-0.1, -0.05) is 26.0 Å². The third-order valence-corrected chi connectivity index (χ3v) is 4.94. The number of carbonyl (C=O) groups is 1. The predicted octanol–water partition coefficient (Wildman–Crippen LogP) is 5.02. The average molecular weight is 427 g/mol. The van der Waals surface area contributed by atoms with Gasteiger partial charge < -0.3 is 23.7 Å². The number of ether oxygens (including phenoxy) is 5. The third kappa shape index (κ3) is 5.75. The summed E-state index contributed by atoms with van der Waals surface area (Å²) < 4.78 is 26.7. The fourth-order valence-electron chi connectivity index (χ4n) is 3.01. The van der Waals surface area contributed by atoms with Gasteiger partial charge in [0, 0.05) is 30.8 Å².